The van der Waals surface area contributed by atoms with Crippen LogP contribution in [0.5, 0.6) is 0 Å². The molecule has 0 radical (unpaired) electrons. The van der Waals surface area contributed by atoms with Crippen LogP contribution in [-0.4, -0.2) is 13.1 Å². The Balaban J connectivity index is 2.16. The fourth-order valence-corrected chi connectivity index (χ4v) is 1.82. The molecule has 2 aromatic rings. The minimum absolute atomic E-state index is 0.371. The van der Waals surface area contributed by atoms with Gasteiger partial charge in [-0.3, -0.25) is 0 Å². The van der Waals surface area contributed by atoms with E-state index < -0.39 is 0 Å². The molecule has 2 rings (SSSR count). The van der Waals surface area contributed by atoms with E-state index in [-0.39, 0.29) is 5.97 Å². The van der Waals surface area contributed by atoms with Gasteiger partial charge in [0.25, 0.3) is 0 Å². The number of carbonyl (C=O) groups is 1. The van der Waals surface area contributed by atoms with E-state index in [2.05, 4.69) is 5.32 Å². The molecule has 0 aliphatic heterocycles. The predicted molar refractivity (Wildman–Crippen MR) is 79.7 cm³/mol. The average Bonchev–Trinajstić information content (AvgIpc) is 2.53. The van der Waals surface area contributed by atoms with Crippen LogP contribution in [0.3, 0.4) is 0 Å². The van der Waals surface area contributed by atoms with E-state index in [1.807, 2.05) is 60.7 Å². The summed E-state index contributed by atoms with van der Waals surface area (Å²) in [7, 11) is 1.37. The molecule has 3 nitrogen and oxygen atoms in total. The van der Waals surface area contributed by atoms with Crippen molar-refractivity contribution in [3.63, 3.8) is 0 Å². The molecular formula is C17H17NO2. The van der Waals surface area contributed by atoms with E-state index in [0.29, 0.717) is 6.54 Å². The zero-order chi connectivity index (χ0) is 14.2. The van der Waals surface area contributed by atoms with E-state index in [1.54, 1.807) is 0 Å². The van der Waals surface area contributed by atoms with E-state index >= 15 is 0 Å². The van der Waals surface area contributed by atoms with Crippen LogP contribution >= 0.6 is 0 Å². The van der Waals surface area contributed by atoms with Crippen molar-refractivity contribution in [2.75, 3.05) is 7.11 Å². The van der Waals surface area contributed by atoms with Crippen molar-refractivity contribution < 1.29 is 9.53 Å². The summed E-state index contributed by atoms with van der Waals surface area (Å²) in [6.07, 6.45) is 1.47. The molecule has 0 bridgehead atoms. The molecule has 0 fully saturated rings. The van der Waals surface area contributed by atoms with Crippen molar-refractivity contribution in [2.45, 2.75) is 6.54 Å². The number of methoxy groups -OCH3 is 1. The summed E-state index contributed by atoms with van der Waals surface area (Å²) in [4.78, 5) is 11.5. The van der Waals surface area contributed by atoms with Gasteiger partial charge in [-0.25, -0.2) is 4.79 Å². The summed E-state index contributed by atoms with van der Waals surface area (Å²) < 4.78 is 4.70. The largest absolute Gasteiger partial charge is 0.466 e. The van der Waals surface area contributed by atoms with Crippen molar-refractivity contribution in [1.29, 1.82) is 0 Å². The van der Waals surface area contributed by atoms with Gasteiger partial charge >= 0.3 is 5.97 Å². The van der Waals surface area contributed by atoms with Crippen LogP contribution in [-0.2, 0) is 16.1 Å². The summed E-state index contributed by atoms with van der Waals surface area (Å²) >= 11 is 0. The summed E-state index contributed by atoms with van der Waals surface area (Å²) in [6.45, 7) is 0.651. The maximum absolute atomic E-state index is 11.5. The molecule has 102 valence electrons. The third-order valence-corrected chi connectivity index (χ3v) is 2.87. The second kappa shape index (κ2) is 7.14. The van der Waals surface area contributed by atoms with Gasteiger partial charge in [-0.15, -0.1) is 0 Å². The number of hydrogen-bond acceptors (Lipinski definition) is 3. The van der Waals surface area contributed by atoms with Crippen molar-refractivity contribution in [1.82, 2.24) is 5.32 Å². The van der Waals surface area contributed by atoms with Gasteiger partial charge in [-0.2, -0.15) is 0 Å². The topological polar surface area (TPSA) is 38.3 Å². The molecule has 2 aromatic carbocycles. The molecular weight excluding hydrogens is 250 g/mol. The molecule has 0 heterocycles. The van der Waals surface area contributed by atoms with Gasteiger partial charge in [0.05, 0.1) is 7.11 Å². The number of carbonyl (C=O) groups excluding carboxylic acids is 1. The zero-order valence-corrected chi connectivity index (χ0v) is 11.4. The van der Waals surface area contributed by atoms with Crippen LogP contribution in [0, 0.1) is 0 Å². The average molecular weight is 267 g/mol. The highest BCUT2D eigenvalue weighted by atomic mass is 16.5. The zero-order valence-electron chi connectivity index (χ0n) is 11.4. The molecule has 0 saturated heterocycles. The SMILES string of the molecule is COC(=O)/C=C(\NCc1ccccc1)c1ccccc1. The predicted octanol–water partition coefficient (Wildman–Crippen LogP) is 2.99. The molecule has 20 heavy (non-hydrogen) atoms. The highest BCUT2D eigenvalue weighted by molar-refractivity contribution is 5.90. The van der Waals surface area contributed by atoms with Crippen molar-refractivity contribution >= 4 is 11.7 Å². The van der Waals surface area contributed by atoms with Crippen LogP contribution in [0.4, 0.5) is 0 Å². The number of ether oxygens (including phenoxy) is 1. The van der Waals surface area contributed by atoms with Gasteiger partial charge in [-0.05, 0) is 11.1 Å². The fourth-order valence-electron chi connectivity index (χ4n) is 1.82. The lowest BCUT2D eigenvalue weighted by molar-refractivity contribution is -0.134. The van der Waals surface area contributed by atoms with Gasteiger partial charge in [0.2, 0.25) is 0 Å². The van der Waals surface area contributed by atoms with Crippen LogP contribution in [0.2, 0.25) is 0 Å². The van der Waals surface area contributed by atoms with Crippen LogP contribution in [0.15, 0.2) is 66.7 Å². The quantitative estimate of drug-likeness (QED) is 0.668. The van der Waals surface area contributed by atoms with Crippen LogP contribution in [0.1, 0.15) is 11.1 Å². The minimum atomic E-state index is -0.371. The first-order valence-corrected chi connectivity index (χ1v) is 6.42. The van der Waals surface area contributed by atoms with Crippen LogP contribution < -0.4 is 5.32 Å². The van der Waals surface area contributed by atoms with Crippen molar-refractivity contribution in [3.8, 4) is 0 Å². The minimum Gasteiger partial charge on any atom is -0.466 e. The van der Waals surface area contributed by atoms with Gasteiger partial charge < -0.3 is 10.1 Å². The van der Waals surface area contributed by atoms with Crippen molar-refractivity contribution in [2.24, 2.45) is 0 Å². The van der Waals surface area contributed by atoms with Crippen LogP contribution in [0.25, 0.3) is 5.70 Å². The molecule has 0 amide bonds. The summed E-state index contributed by atoms with van der Waals surface area (Å²) in [6, 6.07) is 19.7. The lowest BCUT2D eigenvalue weighted by Gasteiger charge is -2.11. The Morgan fingerprint density at radius 1 is 1.05 bits per heavy atom. The molecule has 0 unspecified atom stereocenters. The Morgan fingerprint density at radius 3 is 2.25 bits per heavy atom. The van der Waals surface area contributed by atoms with Gasteiger partial charge in [0.15, 0.2) is 0 Å². The summed E-state index contributed by atoms with van der Waals surface area (Å²) in [5, 5.41) is 3.28. The van der Waals surface area contributed by atoms with E-state index in [9.17, 15) is 4.79 Å². The third kappa shape index (κ3) is 3.99. The maximum Gasteiger partial charge on any atom is 0.332 e. The standard InChI is InChI=1S/C17H17NO2/c1-20-17(19)12-16(15-10-6-3-7-11-15)18-13-14-8-4-2-5-9-14/h2-12,18H,13H2,1H3/b16-12-. The first-order valence-electron chi connectivity index (χ1n) is 6.42. The Morgan fingerprint density at radius 2 is 1.65 bits per heavy atom. The third-order valence-electron chi connectivity index (χ3n) is 2.87. The Hall–Kier alpha value is -2.55. The summed E-state index contributed by atoms with van der Waals surface area (Å²) in [5.41, 5.74) is 2.86. The first kappa shape index (κ1) is 13.9. The first-order chi connectivity index (χ1) is 9.79. The summed E-state index contributed by atoms with van der Waals surface area (Å²) in [5.74, 6) is -0.371. The lowest BCUT2D eigenvalue weighted by atomic mass is 10.1. The van der Waals surface area contributed by atoms with E-state index in [1.165, 1.54) is 13.2 Å². The number of rotatable bonds is 5. The van der Waals surface area contributed by atoms with Gasteiger partial charge in [-0.1, -0.05) is 60.7 Å². The second-order valence-electron chi connectivity index (χ2n) is 4.29. The Bertz CT molecular complexity index is 576. The molecule has 0 aliphatic rings. The Labute approximate surface area is 118 Å². The fraction of sp³-hybridized carbons (Fsp3) is 0.118. The monoisotopic (exact) mass is 267 g/mol. The number of hydrogen-bond donors (Lipinski definition) is 1. The highest BCUT2D eigenvalue weighted by Gasteiger charge is 2.04. The molecule has 1 N–H and O–H groups in total. The lowest BCUT2D eigenvalue weighted by Crippen LogP contribution is -2.13. The maximum atomic E-state index is 11.5. The van der Waals surface area contributed by atoms with Gasteiger partial charge in [0.1, 0.15) is 0 Å². The molecule has 0 aromatic heterocycles. The van der Waals surface area contributed by atoms with E-state index in [4.69, 9.17) is 4.74 Å². The van der Waals surface area contributed by atoms with Gasteiger partial charge in [0, 0.05) is 18.3 Å². The Kier molecular flexibility index (Phi) is 4.95. The normalized spacial score (nSPS) is 10.9. The van der Waals surface area contributed by atoms with E-state index in [0.717, 1.165) is 16.8 Å². The molecule has 0 spiro atoms. The smallest absolute Gasteiger partial charge is 0.332 e. The molecule has 0 aliphatic carbocycles. The van der Waals surface area contributed by atoms with Crippen molar-refractivity contribution in [3.05, 3.63) is 77.9 Å². The molecule has 3 heteroatoms. The number of benzene rings is 2. The number of nitrogens with one attached hydrogen (secondary N) is 1. The number of esters is 1. The molecule has 0 atom stereocenters. The second-order valence-corrected chi connectivity index (χ2v) is 4.29. The molecule has 0 saturated carbocycles. The highest BCUT2D eigenvalue weighted by Crippen LogP contribution is 2.12.